The molecule has 1 rings (SSSR count). The number of nitro benzene ring substituents is 1. The first-order valence-corrected chi connectivity index (χ1v) is 10.6. The maximum Gasteiger partial charge on any atom is 0.325 e. The number of ether oxygens (including phenoxy) is 2. The van der Waals surface area contributed by atoms with Crippen molar-refractivity contribution in [2.45, 2.75) is 58.3 Å². The predicted molar refractivity (Wildman–Crippen MR) is 115 cm³/mol. The van der Waals surface area contributed by atoms with Crippen molar-refractivity contribution in [2.75, 3.05) is 26.8 Å². The van der Waals surface area contributed by atoms with Gasteiger partial charge in [-0.25, -0.2) is 0 Å². The van der Waals surface area contributed by atoms with E-state index in [4.69, 9.17) is 4.74 Å². The number of nitro groups is 1. The summed E-state index contributed by atoms with van der Waals surface area (Å²) >= 11 is 0. The van der Waals surface area contributed by atoms with Crippen LogP contribution in [0.1, 0.15) is 68.6 Å². The third-order valence-corrected chi connectivity index (χ3v) is 4.83. The van der Waals surface area contributed by atoms with Crippen molar-refractivity contribution in [3.05, 3.63) is 33.9 Å². The Kier molecular flexibility index (Phi) is 12.5. The number of amides is 1. The number of aldehydes is 1. The van der Waals surface area contributed by atoms with Crippen molar-refractivity contribution in [3.63, 3.8) is 0 Å². The zero-order chi connectivity index (χ0) is 23.1. The van der Waals surface area contributed by atoms with Gasteiger partial charge in [-0.05, 0) is 31.7 Å². The smallest absolute Gasteiger partial charge is 0.325 e. The normalized spacial score (nSPS) is 10.4. The fourth-order valence-corrected chi connectivity index (χ4v) is 3.07. The molecule has 9 nitrogen and oxygen atoms in total. The number of hydrogen-bond donors (Lipinski definition) is 0. The first-order chi connectivity index (χ1) is 14.9. The van der Waals surface area contributed by atoms with Crippen LogP contribution in [0.4, 0.5) is 5.69 Å². The van der Waals surface area contributed by atoms with E-state index in [2.05, 4.69) is 11.7 Å². The van der Waals surface area contributed by atoms with E-state index in [9.17, 15) is 24.5 Å². The molecule has 0 spiro atoms. The summed E-state index contributed by atoms with van der Waals surface area (Å²) in [6, 6.07) is 4.24. The monoisotopic (exact) mass is 436 g/mol. The summed E-state index contributed by atoms with van der Waals surface area (Å²) in [6.07, 6.45) is 6.76. The van der Waals surface area contributed by atoms with E-state index in [1.165, 1.54) is 25.3 Å². The highest BCUT2D eigenvalue weighted by atomic mass is 16.6. The summed E-state index contributed by atoms with van der Waals surface area (Å²) in [4.78, 5) is 47.2. The van der Waals surface area contributed by atoms with Gasteiger partial charge in [0, 0.05) is 19.0 Å². The number of benzene rings is 1. The van der Waals surface area contributed by atoms with Gasteiger partial charge in [0.15, 0.2) is 6.29 Å². The Morgan fingerprint density at radius 2 is 1.87 bits per heavy atom. The minimum Gasteiger partial charge on any atom is -0.493 e. The zero-order valence-corrected chi connectivity index (χ0v) is 18.3. The third-order valence-electron chi connectivity index (χ3n) is 4.83. The Balaban J connectivity index is 2.42. The topological polar surface area (TPSA) is 116 Å². The van der Waals surface area contributed by atoms with Crippen LogP contribution in [0.5, 0.6) is 5.75 Å². The lowest BCUT2D eigenvalue weighted by atomic mass is 10.1. The SMILES string of the molecule is CCCCCCN(CC(=O)OC)C(=O)CCCCCOc1cccc([N+](=O)[O-])c1C=O. The van der Waals surface area contributed by atoms with E-state index >= 15 is 0 Å². The zero-order valence-electron chi connectivity index (χ0n) is 18.3. The molecule has 31 heavy (non-hydrogen) atoms. The van der Waals surface area contributed by atoms with Crippen LogP contribution in [-0.4, -0.2) is 54.8 Å². The summed E-state index contributed by atoms with van der Waals surface area (Å²) in [5.41, 5.74) is -0.369. The van der Waals surface area contributed by atoms with Crippen LogP contribution in [0, 0.1) is 10.1 Å². The van der Waals surface area contributed by atoms with Crippen LogP contribution in [0.15, 0.2) is 18.2 Å². The average molecular weight is 437 g/mol. The van der Waals surface area contributed by atoms with Crippen LogP contribution in [-0.2, 0) is 14.3 Å². The van der Waals surface area contributed by atoms with E-state index in [0.717, 1.165) is 25.7 Å². The predicted octanol–water partition coefficient (Wildman–Crippen LogP) is 3.93. The molecule has 0 radical (unpaired) electrons. The van der Waals surface area contributed by atoms with Gasteiger partial charge in [0.25, 0.3) is 5.69 Å². The van der Waals surface area contributed by atoms with Crippen molar-refractivity contribution < 1.29 is 28.8 Å². The molecular weight excluding hydrogens is 404 g/mol. The second-order valence-corrected chi connectivity index (χ2v) is 7.18. The molecule has 0 aliphatic heterocycles. The Hall–Kier alpha value is -2.97. The number of nitrogens with zero attached hydrogens (tertiary/aromatic N) is 2. The minimum atomic E-state index is -0.620. The number of carbonyl (C=O) groups is 3. The fourth-order valence-electron chi connectivity index (χ4n) is 3.07. The number of esters is 1. The number of rotatable bonds is 16. The molecule has 9 heteroatoms. The van der Waals surface area contributed by atoms with Gasteiger partial charge in [-0.2, -0.15) is 0 Å². The summed E-state index contributed by atoms with van der Waals surface area (Å²) in [7, 11) is 1.31. The van der Waals surface area contributed by atoms with Crippen LogP contribution >= 0.6 is 0 Å². The Labute approximate surface area is 182 Å². The van der Waals surface area contributed by atoms with Crippen molar-refractivity contribution in [1.29, 1.82) is 0 Å². The van der Waals surface area contributed by atoms with E-state index in [1.807, 2.05) is 0 Å². The van der Waals surface area contributed by atoms with Crippen molar-refractivity contribution in [3.8, 4) is 5.75 Å². The van der Waals surface area contributed by atoms with Crippen LogP contribution < -0.4 is 4.74 Å². The number of unbranched alkanes of at least 4 members (excludes halogenated alkanes) is 5. The molecule has 0 atom stereocenters. The molecule has 0 aliphatic rings. The molecule has 0 aromatic heterocycles. The fraction of sp³-hybridized carbons (Fsp3) is 0.591. The molecule has 172 valence electrons. The van der Waals surface area contributed by atoms with E-state index in [-0.39, 0.29) is 36.1 Å². The minimum absolute atomic E-state index is 0.0359. The molecule has 0 aliphatic carbocycles. The molecule has 1 aromatic carbocycles. The van der Waals surface area contributed by atoms with Crippen molar-refractivity contribution in [1.82, 2.24) is 4.90 Å². The largest absolute Gasteiger partial charge is 0.493 e. The molecule has 1 aromatic rings. The maximum atomic E-state index is 12.5. The Morgan fingerprint density at radius 3 is 2.52 bits per heavy atom. The summed E-state index contributed by atoms with van der Waals surface area (Å²) in [6.45, 7) is 2.89. The summed E-state index contributed by atoms with van der Waals surface area (Å²) < 4.78 is 10.2. The highest BCUT2D eigenvalue weighted by Gasteiger charge is 2.18. The standard InChI is InChI=1S/C22H32N2O7/c1-3-4-5-8-14-23(16-22(27)30-2)21(26)13-7-6-9-15-31-20-12-10-11-19(24(28)29)18(20)17-25/h10-12,17H,3-9,13-16H2,1-2H3. The van der Waals surface area contributed by atoms with Gasteiger partial charge in [0.2, 0.25) is 5.91 Å². The summed E-state index contributed by atoms with van der Waals surface area (Å²) in [5.74, 6) is -0.332. The van der Waals surface area contributed by atoms with E-state index in [0.29, 0.717) is 38.5 Å². The lowest BCUT2D eigenvalue weighted by molar-refractivity contribution is -0.385. The lowest BCUT2D eigenvalue weighted by Crippen LogP contribution is -2.36. The molecular formula is C22H32N2O7. The molecule has 0 heterocycles. The maximum absolute atomic E-state index is 12.5. The van der Waals surface area contributed by atoms with Gasteiger partial charge in [-0.1, -0.05) is 32.3 Å². The number of methoxy groups -OCH3 is 1. The second kappa shape index (κ2) is 14.9. The highest BCUT2D eigenvalue weighted by Crippen LogP contribution is 2.26. The Morgan fingerprint density at radius 1 is 1.13 bits per heavy atom. The lowest BCUT2D eigenvalue weighted by Gasteiger charge is -2.21. The van der Waals surface area contributed by atoms with Gasteiger partial charge in [0.1, 0.15) is 17.9 Å². The van der Waals surface area contributed by atoms with Gasteiger partial charge >= 0.3 is 5.97 Å². The van der Waals surface area contributed by atoms with Gasteiger partial charge < -0.3 is 14.4 Å². The molecule has 0 fully saturated rings. The summed E-state index contributed by atoms with van der Waals surface area (Å²) in [5, 5.41) is 11.0. The first-order valence-electron chi connectivity index (χ1n) is 10.6. The number of carbonyl (C=O) groups excluding carboxylic acids is 3. The van der Waals surface area contributed by atoms with Crippen LogP contribution in [0.3, 0.4) is 0 Å². The molecule has 0 saturated heterocycles. The van der Waals surface area contributed by atoms with Crippen molar-refractivity contribution in [2.24, 2.45) is 0 Å². The molecule has 0 N–H and O–H groups in total. The number of hydrogen-bond acceptors (Lipinski definition) is 7. The highest BCUT2D eigenvalue weighted by molar-refractivity contribution is 5.85. The third kappa shape index (κ3) is 9.59. The molecule has 0 unspecified atom stereocenters. The van der Waals surface area contributed by atoms with Crippen molar-refractivity contribution >= 4 is 23.9 Å². The molecule has 0 bridgehead atoms. The molecule has 1 amide bonds. The Bertz CT molecular complexity index is 737. The van der Waals surface area contributed by atoms with Gasteiger partial charge in [-0.15, -0.1) is 0 Å². The first kappa shape index (κ1) is 26.1. The quantitative estimate of drug-likeness (QED) is 0.127. The van der Waals surface area contributed by atoms with E-state index in [1.54, 1.807) is 4.90 Å². The average Bonchev–Trinajstić information content (AvgIpc) is 2.77. The van der Waals surface area contributed by atoms with Gasteiger partial charge in [0.05, 0.1) is 18.6 Å². The van der Waals surface area contributed by atoms with Gasteiger partial charge in [-0.3, -0.25) is 24.5 Å². The second-order valence-electron chi connectivity index (χ2n) is 7.18. The van der Waals surface area contributed by atoms with Crippen LogP contribution in [0.25, 0.3) is 0 Å². The van der Waals surface area contributed by atoms with E-state index < -0.39 is 10.9 Å². The van der Waals surface area contributed by atoms with Crippen LogP contribution in [0.2, 0.25) is 0 Å². The molecule has 0 saturated carbocycles.